The Bertz CT molecular complexity index is 165. The van der Waals surface area contributed by atoms with E-state index in [1.807, 2.05) is 0 Å². The Morgan fingerprint density at radius 1 is 1.18 bits per heavy atom. The minimum absolute atomic E-state index is 0.704. The molecular weight excluding hydrogens is 148 g/mol. The van der Waals surface area contributed by atoms with Gasteiger partial charge in [0.25, 0.3) is 5.95 Å². The lowest BCUT2D eigenvalue weighted by Crippen LogP contribution is -1.82. The second-order valence-corrected chi connectivity index (χ2v) is 1.30. The summed E-state index contributed by atoms with van der Waals surface area (Å²) in [6.07, 6.45) is 3.20. The van der Waals surface area contributed by atoms with Crippen LogP contribution >= 0.6 is 0 Å². The second-order valence-electron chi connectivity index (χ2n) is 1.30. The summed E-state index contributed by atoms with van der Waals surface area (Å²) in [5.41, 5.74) is 0. The summed E-state index contributed by atoms with van der Waals surface area (Å²) in [5.74, 6) is -1.69. The zero-order valence-corrected chi connectivity index (χ0v) is 5.90. The van der Waals surface area contributed by atoms with Crippen LogP contribution in [0.4, 0.5) is 0 Å². The van der Waals surface area contributed by atoms with E-state index in [1.54, 1.807) is 0 Å². The van der Waals surface area contributed by atoms with E-state index in [1.165, 1.54) is 6.08 Å². The number of hydrogen-bond acceptors (Lipinski definition) is 3. The van der Waals surface area contributed by atoms with Crippen molar-refractivity contribution in [2.75, 3.05) is 0 Å². The molecule has 0 rings (SSSR count). The van der Waals surface area contributed by atoms with Crippen LogP contribution in [0.2, 0.25) is 0 Å². The van der Waals surface area contributed by atoms with Crippen LogP contribution in [0, 0.1) is 0 Å². The van der Waals surface area contributed by atoms with Crippen molar-refractivity contribution < 1.29 is 20.1 Å². The van der Waals surface area contributed by atoms with E-state index >= 15 is 0 Å². The van der Waals surface area contributed by atoms with E-state index in [4.69, 9.17) is 15.3 Å². The molecule has 0 aromatic carbocycles. The predicted molar refractivity (Wildman–Crippen MR) is 41.4 cm³/mol. The Kier molecular flexibility index (Phi) is 9.05. The van der Waals surface area contributed by atoms with Gasteiger partial charge in [-0.2, -0.15) is 0 Å². The minimum atomic E-state index is -0.981. The second kappa shape index (κ2) is 8.29. The number of hydrogen-bond donors (Lipinski definition) is 3. The molecule has 0 bridgehead atoms. The van der Waals surface area contributed by atoms with Gasteiger partial charge in [-0.15, -0.1) is 0 Å². The highest BCUT2D eigenvalue weighted by Gasteiger charge is 1.73. The Morgan fingerprint density at radius 2 is 1.55 bits per heavy atom. The van der Waals surface area contributed by atoms with Crippen LogP contribution in [0.5, 0.6) is 0 Å². The fraction of sp³-hybridized carbons (Fsp3) is 0. The van der Waals surface area contributed by atoms with Crippen molar-refractivity contribution in [1.82, 2.24) is 0 Å². The standard InChI is InChI=1S/C4H6O2.C3H4O2/c1-2-3-4(5)6;1-2-3(4)5/h2-3,5-6H,1H2;2H,1H2,(H,4,5). The van der Waals surface area contributed by atoms with E-state index in [0.717, 1.165) is 12.2 Å². The number of aliphatic hydroxyl groups is 2. The predicted octanol–water partition coefficient (Wildman–Crippen LogP) is 1.39. The molecule has 62 valence electrons. The first-order valence-corrected chi connectivity index (χ1v) is 2.60. The molecule has 0 unspecified atom stereocenters. The summed E-state index contributed by atoms with van der Waals surface area (Å²) >= 11 is 0. The normalized spacial score (nSPS) is 6.55. The Morgan fingerprint density at radius 3 is 1.55 bits per heavy atom. The molecule has 0 aliphatic rings. The third-order valence-corrected chi connectivity index (χ3v) is 0.442. The molecule has 0 heterocycles. The molecule has 0 radical (unpaired) electrons. The number of carboxylic acid groups (broad SMARTS) is 1. The van der Waals surface area contributed by atoms with Crippen molar-refractivity contribution in [3.8, 4) is 0 Å². The summed E-state index contributed by atoms with van der Waals surface area (Å²) in [7, 11) is 0. The summed E-state index contributed by atoms with van der Waals surface area (Å²) < 4.78 is 0. The SMILES string of the molecule is C=CC(=O)O.C=CC=C(O)O. The van der Waals surface area contributed by atoms with Gasteiger partial charge in [0, 0.05) is 12.2 Å². The van der Waals surface area contributed by atoms with Crippen molar-refractivity contribution in [3.63, 3.8) is 0 Å². The molecule has 0 fully saturated rings. The molecule has 0 spiro atoms. The number of rotatable bonds is 2. The largest absolute Gasteiger partial charge is 0.481 e. The third kappa shape index (κ3) is 30.3. The lowest BCUT2D eigenvalue weighted by atomic mass is 10.6. The molecule has 0 saturated carbocycles. The van der Waals surface area contributed by atoms with Crippen LogP contribution in [0.1, 0.15) is 0 Å². The fourth-order valence-electron chi connectivity index (χ4n) is 0.105. The van der Waals surface area contributed by atoms with Gasteiger partial charge < -0.3 is 15.3 Å². The van der Waals surface area contributed by atoms with Crippen LogP contribution in [0.25, 0.3) is 0 Å². The molecule has 4 nitrogen and oxygen atoms in total. The number of aliphatic carboxylic acids is 1. The fourth-order valence-corrected chi connectivity index (χ4v) is 0.105. The third-order valence-electron chi connectivity index (χ3n) is 0.442. The van der Waals surface area contributed by atoms with Crippen LogP contribution in [0.3, 0.4) is 0 Å². The zero-order chi connectivity index (χ0) is 9.28. The van der Waals surface area contributed by atoms with Gasteiger partial charge in [-0.05, 0) is 0 Å². The van der Waals surface area contributed by atoms with Gasteiger partial charge in [0.1, 0.15) is 0 Å². The highest BCUT2D eigenvalue weighted by Crippen LogP contribution is 1.75. The monoisotopic (exact) mass is 158 g/mol. The smallest absolute Gasteiger partial charge is 0.327 e. The molecule has 11 heavy (non-hydrogen) atoms. The highest BCUT2D eigenvalue weighted by atomic mass is 16.5. The first-order chi connectivity index (χ1) is 5.04. The molecule has 3 N–H and O–H groups in total. The maximum Gasteiger partial charge on any atom is 0.327 e. The van der Waals surface area contributed by atoms with E-state index in [0.29, 0.717) is 0 Å². The molecule has 0 aliphatic carbocycles. The number of carbonyl (C=O) groups is 1. The number of aliphatic hydroxyl groups excluding tert-OH is 1. The van der Waals surface area contributed by atoms with Crippen LogP contribution in [-0.4, -0.2) is 21.3 Å². The van der Waals surface area contributed by atoms with Gasteiger partial charge in [0.15, 0.2) is 0 Å². The van der Waals surface area contributed by atoms with Crippen LogP contribution in [-0.2, 0) is 4.79 Å². The van der Waals surface area contributed by atoms with Crippen molar-refractivity contribution in [3.05, 3.63) is 37.3 Å². The lowest BCUT2D eigenvalue weighted by molar-refractivity contribution is -0.131. The topological polar surface area (TPSA) is 77.8 Å². The van der Waals surface area contributed by atoms with E-state index in [9.17, 15) is 4.79 Å². The maximum atomic E-state index is 9.25. The highest BCUT2D eigenvalue weighted by molar-refractivity contribution is 5.78. The van der Waals surface area contributed by atoms with E-state index in [2.05, 4.69) is 13.2 Å². The quantitative estimate of drug-likeness (QED) is 0.322. The molecule has 4 heteroatoms. The molecular formula is C7H10O4. The molecule has 0 aromatic heterocycles. The summed E-state index contributed by atoms with van der Waals surface area (Å²) in [5, 5.41) is 23.4. The van der Waals surface area contributed by atoms with Gasteiger partial charge in [0.05, 0.1) is 0 Å². The van der Waals surface area contributed by atoms with Crippen molar-refractivity contribution in [1.29, 1.82) is 0 Å². The van der Waals surface area contributed by atoms with Gasteiger partial charge >= 0.3 is 5.97 Å². The van der Waals surface area contributed by atoms with E-state index in [-0.39, 0.29) is 0 Å². The number of carboxylic acids is 1. The van der Waals surface area contributed by atoms with Gasteiger partial charge in [-0.25, -0.2) is 4.79 Å². The van der Waals surface area contributed by atoms with Crippen LogP contribution < -0.4 is 0 Å². The Labute approximate surface area is 64.4 Å². The average molecular weight is 158 g/mol. The zero-order valence-electron chi connectivity index (χ0n) is 5.90. The lowest BCUT2D eigenvalue weighted by Gasteiger charge is -1.76. The minimum Gasteiger partial charge on any atom is -0.481 e. The van der Waals surface area contributed by atoms with Crippen LogP contribution in [0.15, 0.2) is 37.3 Å². The van der Waals surface area contributed by atoms with E-state index < -0.39 is 11.9 Å². The summed E-state index contributed by atoms with van der Waals surface area (Å²) in [6.45, 7) is 6.17. The first kappa shape index (κ1) is 12.0. The first-order valence-electron chi connectivity index (χ1n) is 2.60. The summed E-state index contributed by atoms with van der Waals surface area (Å²) in [4.78, 5) is 9.25. The van der Waals surface area contributed by atoms with Crippen molar-refractivity contribution in [2.24, 2.45) is 0 Å². The molecule has 0 atom stereocenters. The van der Waals surface area contributed by atoms with Gasteiger partial charge in [-0.1, -0.05) is 19.2 Å². The average Bonchev–Trinajstić information content (AvgIpc) is 1.89. The van der Waals surface area contributed by atoms with Crippen molar-refractivity contribution in [2.45, 2.75) is 0 Å². The summed E-state index contributed by atoms with van der Waals surface area (Å²) in [6, 6.07) is 0. The van der Waals surface area contributed by atoms with Gasteiger partial charge in [-0.3, -0.25) is 0 Å². The number of allylic oxidation sites excluding steroid dienone is 2. The van der Waals surface area contributed by atoms with Gasteiger partial charge in [0.2, 0.25) is 0 Å². The Balaban J connectivity index is 0. The molecule has 0 saturated heterocycles. The Hall–Kier alpha value is -1.71. The molecule has 0 amide bonds. The molecule has 0 aliphatic heterocycles. The maximum absolute atomic E-state index is 9.25. The van der Waals surface area contributed by atoms with Crippen molar-refractivity contribution >= 4 is 5.97 Å². The molecule has 0 aromatic rings.